The van der Waals surface area contributed by atoms with Gasteiger partial charge < -0.3 is 15.5 Å². The van der Waals surface area contributed by atoms with Crippen LogP contribution in [0.15, 0.2) is 54.6 Å². The summed E-state index contributed by atoms with van der Waals surface area (Å²) in [5.41, 5.74) is 3.33. The Morgan fingerprint density at radius 3 is 2.32 bits per heavy atom. The van der Waals surface area contributed by atoms with E-state index in [2.05, 4.69) is 55.7 Å². The average Bonchev–Trinajstić information content (AvgIpc) is 3.04. The molecule has 0 saturated carbocycles. The van der Waals surface area contributed by atoms with Crippen molar-refractivity contribution in [2.24, 2.45) is 0 Å². The monoisotopic (exact) mass is 337 g/mol. The van der Waals surface area contributed by atoms with E-state index in [1.54, 1.807) is 0 Å². The van der Waals surface area contributed by atoms with Crippen LogP contribution in [0.3, 0.4) is 0 Å². The van der Waals surface area contributed by atoms with Crippen LogP contribution in [0.4, 0.5) is 16.2 Å². The standard InChI is InChI=1S/C21H27N3O/c1-21(2,3)16-9-11-18(12-10-16)23-20(25)24-14-13-19(15-24)22-17-7-5-4-6-8-17/h4-12,19,22H,13-15H2,1-3H3,(H,23,25). The first-order valence-corrected chi connectivity index (χ1v) is 8.90. The van der Waals surface area contributed by atoms with E-state index in [-0.39, 0.29) is 11.4 Å². The Morgan fingerprint density at radius 1 is 1.00 bits per heavy atom. The third kappa shape index (κ3) is 4.53. The number of urea groups is 1. The van der Waals surface area contributed by atoms with Crippen molar-refractivity contribution >= 4 is 17.4 Å². The van der Waals surface area contributed by atoms with Crippen LogP contribution >= 0.6 is 0 Å². The topological polar surface area (TPSA) is 44.4 Å². The van der Waals surface area contributed by atoms with Gasteiger partial charge in [0.15, 0.2) is 0 Å². The average molecular weight is 337 g/mol. The first-order chi connectivity index (χ1) is 11.9. The van der Waals surface area contributed by atoms with E-state index in [0.29, 0.717) is 6.04 Å². The summed E-state index contributed by atoms with van der Waals surface area (Å²) >= 11 is 0. The number of nitrogens with zero attached hydrogens (tertiary/aromatic N) is 1. The lowest BCUT2D eigenvalue weighted by molar-refractivity contribution is 0.222. The van der Waals surface area contributed by atoms with Crippen molar-refractivity contribution in [3.05, 3.63) is 60.2 Å². The molecule has 1 aliphatic rings. The number of nitrogens with one attached hydrogen (secondary N) is 2. The third-order valence-corrected chi connectivity index (χ3v) is 4.62. The number of anilines is 2. The molecule has 1 fully saturated rings. The smallest absolute Gasteiger partial charge is 0.321 e. The predicted octanol–water partition coefficient (Wildman–Crippen LogP) is 4.70. The molecule has 0 radical (unpaired) electrons. The maximum absolute atomic E-state index is 12.5. The highest BCUT2D eigenvalue weighted by Gasteiger charge is 2.26. The van der Waals surface area contributed by atoms with Gasteiger partial charge in [-0.15, -0.1) is 0 Å². The van der Waals surface area contributed by atoms with Gasteiger partial charge in [-0.3, -0.25) is 0 Å². The lowest BCUT2D eigenvalue weighted by atomic mass is 9.87. The highest BCUT2D eigenvalue weighted by molar-refractivity contribution is 5.89. The molecule has 25 heavy (non-hydrogen) atoms. The SMILES string of the molecule is CC(C)(C)c1ccc(NC(=O)N2CCC(Nc3ccccc3)C2)cc1. The summed E-state index contributed by atoms with van der Waals surface area (Å²) in [5.74, 6) is 0. The molecule has 1 saturated heterocycles. The van der Waals surface area contributed by atoms with Crippen molar-refractivity contribution in [2.75, 3.05) is 23.7 Å². The van der Waals surface area contributed by atoms with Crippen LogP contribution in [0.2, 0.25) is 0 Å². The normalized spacial score (nSPS) is 17.4. The number of benzene rings is 2. The summed E-state index contributed by atoms with van der Waals surface area (Å²) in [6.07, 6.45) is 0.964. The summed E-state index contributed by atoms with van der Waals surface area (Å²) in [4.78, 5) is 14.4. The van der Waals surface area contributed by atoms with Crippen molar-refractivity contribution in [3.8, 4) is 0 Å². The Hall–Kier alpha value is -2.49. The summed E-state index contributed by atoms with van der Waals surface area (Å²) in [7, 11) is 0. The first kappa shape index (κ1) is 17.3. The number of rotatable bonds is 3. The van der Waals surface area contributed by atoms with Gasteiger partial charge in [0.2, 0.25) is 0 Å². The summed E-state index contributed by atoms with van der Waals surface area (Å²) < 4.78 is 0. The number of carbonyl (C=O) groups is 1. The van der Waals surface area contributed by atoms with E-state index in [1.807, 2.05) is 35.2 Å². The molecule has 4 nitrogen and oxygen atoms in total. The molecule has 1 unspecified atom stereocenters. The minimum Gasteiger partial charge on any atom is -0.380 e. The third-order valence-electron chi connectivity index (χ3n) is 4.62. The second-order valence-corrected chi connectivity index (χ2v) is 7.70. The highest BCUT2D eigenvalue weighted by atomic mass is 16.2. The number of amides is 2. The van der Waals surface area contributed by atoms with Gasteiger partial charge in [-0.25, -0.2) is 4.79 Å². The number of para-hydroxylation sites is 1. The van der Waals surface area contributed by atoms with Crippen LogP contribution in [-0.4, -0.2) is 30.1 Å². The molecule has 2 aromatic rings. The minimum atomic E-state index is -0.0270. The molecule has 2 N–H and O–H groups in total. The van der Waals surface area contributed by atoms with Crippen LogP contribution in [0.5, 0.6) is 0 Å². The Labute approximate surface area is 150 Å². The molecule has 0 aliphatic carbocycles. The zero-order valence-corrected chi connectivity index (χ0v) is 15.3. The number of hydrogen-bond donors (Lipinski definition) is 2. The molecule has 1 aliphatic heterocycles. The fraction of sp³-hybridized carbons (Fsp3) is 0.381. The zero-order chi connectivity index (χ0) is 17.9. The van der Waals surface area contributed by atoms with Crippen LogP contribution in [0, 0.1) is 0 Å². The van der Waals surface area contributed by atoms with Gasteiger partial charge in [0.25, 0.3) is 0 Å². The molecule has 2 aromatic carbocycles. The molecular formula is C21H27N3O. The number of hydrogen-bond acceptors (Lipinski definition) is 2. The van der Waals surface area contributed by atoms with Gasteiger partial charge in [0.1, 0.15) is 0 Å². The Kier molecular flexibility index (Phi) is 4.98. The largest absolute Gasteiger partial charge is 0.380 e. The van der Waals surface area contributed by atoms with Crippen molar-refractivity contribution in [2.45, 2.75) is 38.6 Å². The van der Waals surface area contributed by atoms with Crippen LogP contribution < -0.4 is 10.6 Å². The van der Waals surface area contributed by atoms with Gasteiger partial charge in [-0.1, -0.05) is 51.1 Å². The van der Waals surface area contributed by atoms with Crippen molar-refractivity contribution in [3.63, 3.8) is 0 Å². The Bertz CT molecular complexity index is 704. The van der Waals surface area contributed by atoms with Crippen LogP contribution in [0.25, 0.3) is 0 Å². The van der Waals surface area contributed by atoms with Gasteiger partial charge in [-0.2, -0.15) is 0 Å². The molecule has 1 heterocycles. The van der Waals surface area contributed by atoms with Crippen molar-refractivity contribution in [1.29, 1.82) is 0 Å². The fourth-order valence-electron chi connectivity index (χ4n) is 3.09. The number of likely N-dealkylation sites (tertiary alicyclic amines) is 1. The summed E-state index contributed by atoms with van der Waals surface area (Å²) in [5, 5.41) is 6.50. The molecule has 0 spiro atoms. The van der Waals surface area contributed by atoms with E-state index >= 15 is 0 Å². The first-order valence-electron chi connectivity index (χ1n) is 8.90. The maximum Gasteiger partial charge on any atom is 0.321 e. The molecule has 132 valence electrons. The molecule has 2 amide bonds. The van der Waals surface area contributed by atoms with Crippen molar-refractivity contribution in [1.82, 2.24) is 4.90 Å². The predicted molar refractivity (Wildman–Crippen MR) is 104 cm³/mol. The molecule has 3 rings (SSSR count). The highest BCUT2D eigenvalue weighted by Crippen LogP contribution is 2.24. The van der Waals surface area contributed by atoms with Crippen LogP contribution in [-0.2, 0) is 5.41 Å². The van der Waals surface area contributed by atoms with Crippen LogP contribution in [0.1, 0.15) is 32.8 Å². The second-order valence-electron chi connectivity index (χ2n) is 7.70. The van der Waals surface area contributed by atoms with E-state index < -0.39 is 0 Å². The van der Waals surface area contributed by atoms with E-state index in [0.717, 1.165) is 30.9 Å². The Morgan fingerprint density at radius 2 is 1.68 bits per heavy atom. The van der Waals surface area contributed by atoms with Gasteiger partial charge in [-0.05, 0) is 41.7 Å². The van der Waals surface area contributed by atoms with E-state index in [1.165, 1.54) is 5.56 Å². The minimum absolute atomic E-state index is 0.0270. The molecule has 0 aromatic heterocycles. The van der Waals surface area contributed by atoms with E-state index in [4.69, 9.17) is 0 Å². The molecule has 1 atom stereocenters. The van der Waals surface area contributed by atoms with Gasteiger partial charge in [0.05, 0.1) is 0 Å². The lowest BCUT2D eigenvalue weighted by Gasteiger charge is -2.20. The van der Waals surface area contributed by atoms with Gasteiger partial charge in [0, 0.05) is 30.5 Å². The molecule has 4 heteroatoms. The quantitative estimate of drug-likeness (QED) is 0.852. The summed E-state index contributed by atoms with van der Waals surface area (Å²) in [6.45, 7) is 8.05. The molecule has 0 bridgehead atoms. The molecular weight excluding hydrogens is 310 g/mol. The maximum atomic E-state index is 12.5. The van der Waals surface area contributed by atoms with E-state index in [9.17, 15) is 4.79 Å². The summed E-state index contributed by atoms with van der Waals surface area (Å²) in [6, 6.07) is 18.5. The van der Waals surface area contributed by atoms with Crippen molar-refractivity contribution < 1.29 is 4.79 Å². The fourth-order valence-corrected chi connectivity index (χ4v) is 3.09. The Balaban J connectivity index is 1.54. The second kappa shape index (κ2) is 7.18. The number of carbonyl (C=O) groups excluding carboxylic acids is 1. The zero-order valence-electron chi connectivity index (χ0n) is 15.3. The lowest BCUT2D eigenvalue weighted by Crippen LogP contribution is -2.34. The van der Waals surface area contributed by atoms with Gasteiger partial charge >= 0.3 is 6.03 Å².